The van der Waals surface area contributed by atoms with Crippen molar-refractivity contribution in [3.8, 4) is 11.7 Å². The molecular formula is C26H33N4O4S2+. The summed E-state index contributed by atoms with van der Waals surface area (Å²) >= 11 is 0. The van der Waals surface area contributed by atoms with Gasteiger partial charge in [0.2, 0.25) is 0 Å². The lowest BCUT2D eigenvalue weighted by Gasteiger charge is -2.21. The van der Waals surface area contributed by atoms with Gasteiger partial charge in [-0.1, -0.05) is 26.6 Å². The van der Waals surface area contributed by atoms with Crippen LogP contribution >= 0.6 is 21.6 Å². The highest BCUT2D eigenvalue weighted by molar-refractivity contribution is 8.76. The molecule has 192 valence electrons. The maximum absolute atomic E-state index is 13.1. The molecule has 36 heavy (non-hydrogen) atoms. The molecule has 4 N–H and O–H groups in total. The van der Waals surface area contributed by atoms with E-state index in [9.17, 15) is 9.59 Å². The first-order chi connectivity index (χ1) is 16.9. The average molecular weight is 530 g/mol. The molecule has 10 heteroatoms. The molecular weight excluding hydrogens is 496 g/mol. The summed E-state index contributed by atoms with van der Waals surface area (Å²) in [6.07, 6.45) is 2.35. The minimum absolute atomic E-state index is 0.221. The molecule has 1 aromatic carbocycles. The van der Waals surface area contributed by atoms with Gasteiger partial charge in [0, 0.05) is 28.2 Å². The topological polar surface area (TPSA) is 122 Å². The number of H-pyrrole nitrogens is 1. The Balaban J connectivity index is 1.67. The van der Waals surface area contributed by atoms with Gasteiger partial charge in [0.25, 0.3) is 0 Å². The fourth-order valence-electron chi connectivity index (χ4n) is 4.95. The molecule has 0 fully saturated rings. The van der Waals surface area contributed by atoms with Gasteiger partial charge in [0.05, 0.1) is 19.1 Å². The van der Waals surface area contributed by atoms with E-state index in [0.717, 1.165) is 39.2 Å². The van der Waals surface area contributed by atoms with Gasteiger partial charge in [0.15, 0.2) is 11.3 Å². The van der Waals surface area contributed by atoms with Crippen LogP contribution in [0.3, 0.4) is 0 Å². The molecule has 1 aliphatic rings. The number of aliphatic carboxylic acids is 1. The van der Waals surface area contributed by atoms with Crippen LogP contribution in [0.1, 0.15) is 56.5 Å². The maximum atomic E-state index is 13.1. The largest absolute Gasteiger partial charge is 0.496 e. The molecule has 1 aliphatic carbocycles. The van der Waals surface area contributed by atoms with Crippen LogP contribution in [0.4, 0.5) is 0 Å². The number of carbonyl (C=O) groups excluding carboxylic acids is 1. The summed E-state index contributed by atoms with van der Waals surface area (Å²) in [5.74, 6) is 2.03. The van der Waals surface area contributed by atoms with Crippen LogP contribution in [-0.2, 0) is 26.2 Å². The quantitative estimate of drug-likeness (QED) is 0.216. The van der Waals surface area contributed by atoms with E-state index in [-0.39, 0.29) is 5.78 Å². The number of nitrogens with zero attached hydrogens (tertiary/aromatic N) is 2. The maximum Gasteiger partial charge on any atom is 0.402 e. The lowest BCUT2D eigenvalue weighted by molar-refractivity contribution is -0.610. The second kappa shape index (κ2) is 9.72. The van der Waals surface area contributed by atoms with Crippen molar-refractivity contribution in [2.24, 2.45) is 5.73 Å². The standard InChI is InChI=1S/C26H32N4O4S2/c1-14-20(13-36-35-10-8-17(27)22(31)32)30(9-7-21(14)34-6)24-28-18-11-15-16(12-19(18)29-24)26(4,5)23(33)25(15,2)3/h7,9,11-12,17H,8,10,13,27H2,1-6H3,(H-,28,29,31,32)/p+1. The number of methoxy groups -OCH3 is 1. The molecule has 0 saturated heterocycles. The second-order valence-corrected chi connectivity index (χ2v) is 12.8. The zero-order valence-electron chi connectivity index (χ0n) is 21.5. The first-order valence-electron chi connectivity index (χ1n) is 11.8. The highest BCUT2D eigenvalue weighted by atomic mass is 33.1. The highest BCUT2D eigenvalue weighted by Gasteiger charge is 2.50. The number of carboxylic acids is 1. The van der Waals surface area contributed by atoms with Crippen molar-refractivity contribution >= 4 is 44.4 Å². The number of carbonyl (C=O) groups is 2. The van der Waals surface area contributed by atoms with E-state index in [1.807, 2.05) is 57.5 Å². The lowest BCUT2D eigenvalue weighted by atomic mass is 9.80. The second-order valence-electron chi connectivity index (χ2n) is 10.2. The predicted molar refractivity (Wildman–Crippen MR) is 144 cm³/mol. The Morgan fingerprint density at radius 3 is 2.53 bits per heavy atom. The Morgan fingerprint density at radius 2 is 1.89 bits per heavy atom. The molecule has 0 bridgehead atoms. The Kier molecular flexibility index (Phi) is 7.15. The van der Waals surface area contributed by atoms with Crippen LogP contribution in [-0.4, -0.2) is 45.7 Å². The number of Topliss-reactive ketones (excluding diaryl/α,β-unsaturated/α-hetero) is 1. The van der Waals surface area contributed by atoms with Crippen LogP contribution in [0.25, 0.3) is 17.0 Å². The molecule has 0 radical (unpaired) electrons. The number of fused-ring (bicyclic) bond motifs is 2. The zero-order chi connectivity index (χ0) is 26.4. The minimum atomic E-state index is -0.978. The number of nitrogens with two attached hydrogens (primary N) is 1. The van der Waals surface area contributed by atoms with E-state index in [1.165, 1.54) is 0 Å². The molecule has 0 aliphatic heterocycles. The van der Waals surface area contributed by atoms with Crippen molar-refractivity contribution in [1.82, 2.24) is 9.97 Å². The van der Waals surface area contributed by atoms with Crippen molar-refractivity contribution in [2.75, 3.05) is 12.9 Å². The number of ether oxygens (including phenoxy) is 1. The van der Waals surface area contributed by atoms with Gasteiger partial charge in [-0.15, -0.1) is 0 Å². The van der Waals surface area contributed by atoms with Crippen molar-refractivity contribution in [1.29, 1.82) is 0 Å². The minimum Gasteiger partial charge on any atom is -0.496 e. The highest BCUT2D eigenvalue weighted by Crippen LogP contribution is 2.47. The number of hydrogen-bond acceptors (Lipinski definition) is 7. The number of ketones is 1. The van der Waals surface area contributed by atoms with E-state index >= 15 is 0 Å². The third-order valence-corrected chi connectivity index (χ3v) is 9.43. The van der Waals surface area contributed by atoms with Gasteiger partial charge in [-0.25, -0.2) is 9.55 Å². The Hall–Kier alpha value is -2.56. The van der Waals surface area contributed by atoms with Crippen molar-refractivity contribution in [2.45, 2.75) is 63.7 Å². The molecule has 0 spiro atoms. The van der Waals surface area contributed by atoms with E-state index in [1.54, 1.807) is 28.7 Å². The summed E-state index contributed by atoms with van der Waals surface area (Å²) < 4.78 is 7.59. The third-order valence-electron chi connectivity index (χ3n) is 7.12. The summed E-state index contributed by atoms with van der Waals surface area (Å²) in [6, 6.07) is 5.19. The Labute approximate surface area is 218 Å². The predicted octanol–water partition coefficient (Wildman–Crippen LogP) is 3.98. The fraction of sp³-hybridized carbons (Fsp3) is 0.462. The summed E-state index contributed by atoms with van der Waals surface area (Å²) in [6.45, 7) is 9.97. The van der Waals surface area contributed by atoms with E-state index in [4.69, 9.17) is 20.6 Å². The first kappa shape index (κ1) is 26.5. The van der Waals surface area contributed by atoms with Crippen molar-refractivity contribution in [3.05, 3.63) is 46.8 Å². The smallest absolute Gasteiger partial charge is 0.402 e. The third kappa shape index (κ3) is 4.50. The molecule has 4 rings (SSSR count). The van der Waals surface area contributed by atoms with Crippen LogP contribution in [0.15, 0.2) is 24.4 Å². The monoisotopic (exact) mass is 529 g/mol. The normalized spacial score (nSPS) is 16.8. The molecule has 0 amide bonds. The number of aromatic amines is 1. The molecule has 3 aromatic rings. The van der Waals surface area contributed by atoms with E-state index in [0.29, 0.717) is 23.9 Å². The van der Waals surface area contributed by atoms with Gasteiger partial charge in [0.1, 0.15) is 23.0 Å². The average Bonchev–Trinajstić information content (AvgIpc) is 3.30. The molecule has 2 aromatic heterocycles. The summed E-state index contributed by atoms with van der Waals surface area (Å²) in [7, 11) is 4.89. The zero-order valence-corrected chi connectivity index (χ0v) is 23.1. The first-order valence-corrected chi connectivity index (χ1v) is 14.3. The van der Waals surface area contributed by atoms with Crippen molar-refractivity contribution in [3.63, 3.8) is 0 Å². The molecule has 1 unspecified atom stereocenters. The number of pyridine rings is 1. The summed E-state index contributed by atoms with van der Waals surface area (Å²) in [5.41, 5.74) is 10.3. The molecule has 2 heterocycles. The van der Waals surface area contributed by atoms with Crippen LogP contribution in [0, 0.1) is 6.92 Å². The van der Waals surface area contributed by atoms with E-state index in [2.05, 4.69) is 11.1 Å². The van der Waals surface area contributed by atoms with Crippen molar-refractivity contribution < 1.29 is 24.0 Å². The summed E-state index contributed by atoms with van der Waals surface area (Å²) in [5, 5.41) is 8.97. The number of aromatic nitrogens is 3. The van der Waals surface area contributed by atoms with Crippen LogP contribution < -0.4 is 15.0 Å². The van der Waals surface area contributed by atoms with Gasteiger partial charge in [-0.3, -0.25) is 9.59 Å². The number of benzene rings is 1. The van der Waals surface area contributed by atoms with Gasteiger partial charge in [-0.05, 0) is 64.3 Å². The SMILES string of the molecule is COc1cc[n+](-c2nc3cc4c(cc3[nH]2)C(C)(C)C(=O)C4(C)C)c(CSSCCC(N)C(=O)O)c1C. The number of carboxylic acid groups (broad SMARTS) is 1. The van der Waals surface area contributed by atoms with Gasteiger partial charge < -0.3 is 15.6 Å². The lowest BCUT2D eigenvalue weighted by Crippen LogP contribution is -2.37. The molecule has 1 atom stereocenters. The number of imidazole rings is 1. The molecule has 0 saturated carbocycles. The summed E-state index contributed by atoms with van der Waals surface area (Å²) in [4.78, 5) is 32.4. The number of rotatable bonds is 9. The Bertz CT molecular complexity index is 1290. The van der Waals surface area contributed by atoms with Gasteiger partial charge in [-0.2, -0.15) is 0 Å². The van der Waals surface area contributed by atoms with Gasteiger partial charge >= 0.3 is 11.9 Å². The number of nitrogens with one attached hydrogen (secondary N) is 1. The van der Waals surface area contributed by atoms with E-state index < -0.39 is 22.8 Å². The fourth-order valence-corrected chi connectivity index (χ4v) is 7.20. The van der Waals surface area contributed by atoms with Crippen LogP contribution in [0.5, 0.6) is 5.75 Å². The van der Waals surface area contributed by atoms with Crippen LogP contribution in [0.2, 0.25) is 0 Å². The molecule has 8 nitrogen and oxygen atoms in total. The Morgan fingerprint density at radius 1 is 1.22 bits per heavy atom. The number of hydrogen-bond donors (Lipinski definition) is 3.